The Bertz CT molecular complexity index is 578. The van der Waals surface area contributed by atoms with Crippen LogP contribution in [0.4, 0.5) is 10.5 Å². The Labute approximate surface area is 130 Å². The maximum absolute atomic E-state index is 11.6. The largest absolute Gasteiger partial charge is 0.445 e. The Morgan fingerprint density at radius 1 is 1.48 bits per heavy atom. The average Bonchev–Trinajstić information content (AvgIpc) is 2.45. The summed E-state index contributed by atoms with van der Waals surface area (Å²) in [7, 11) is 0. The van der Waals surface area contributed by atoms with Gasteiger partial charge in [-0.05, 0) is 50.1 Å². The van der Waals surface area contributed by atoms with Crippen molar-refractivity contribution in [2.75, 3.05) is 11.9 Å². The molecule has 112 valence electrons. The molecule has 1 aromatic carbocycles. The van der Waals surface area contributed by atoms with E-state index in [4.69, 9.17) is 16.3 Å². The van der Waals surface area contributed by atoms with Crippen LogP contribution in [-0.2, 0) is 4.74 Å². The molecule has 0 bridgehead atoms. The number of halogens is 1. The van der Waals surface area contributed by atoms with Crippen LogP contribution < -0.4 is 5.32 Å². The Morgan fingerprint density at radius 2 is 2.24 bits per heavy atom. The second-order valence-corrected chi connectivity index (χ2v) is 4.87. The van der Waals surface area contributed by atoms with E-state index in [-0.39, 0.29) is 6.61 Å². The molecule has 0 aliphatic rings. The molecule has 0 spiro atoms. The highest BCUT2D eigenvalue weighted by Gasteiger charge is 2.04. The zero-order chi connectivity index (χ0) is 15.7. The molecule has 1 N–H and O–H groups in total. The van der Waals surface area contributed by atoms with Crippen LogP contribution in [0.3, 0.4) is 0 Å². The van der Waals surface area contributed by atoms with Gasteiger partial charge >= 0.3 is 6.09 Å². The Balaban J connectivity index is 2.45. The lowest BCUT2D eigenvalue weighted by atomic mass is 10.2. The maximum Gasteiger partial charge on any atom is 0.411 e. The number of rotatable bonds is 5. The van der Waals surface area contributed by atoms with E-state index < -0.39 is 6.09 Å². The fraction of sp³-hybridized carbons (Fsp3) is 0.250. The van der Waals surface area contributed by atoms with Crippen LogP contribution in [0.2, 0.25) is 5.02 Å². The summed E-state index contributed by atoms with van der Waals surface area (Å²) in [5.41, 5.74) is 2.45. The number of ether oxygens (including phenoxy) is 1. The van der Waals surface area contributed by atoms with E-state index in [9.17, 15) is 4.79 Å². The molecular weight excluding hydrogens is 288 g/mol. The van der Waals surface area contributed by atoms with Gasteiger partial charge in [0.25, 0.3) is 0 Å². The Morgan fingerprint density at radius 3 is 2.90 bits per heavy atom. The van der Waals surface area contributed by atoms with Gasteiger partial charge in [0.05, 0.1) is 0 Å². The number of aliphatic imine (C=N–C) groups is 1. The van der Waals surface area contributed by atoms with E-state index in [0.717, 1.165) is 11.1 Å². The molecule has 4 nitrogen and oxygen atoms in total. The van der Waals surface area contributed by atoms with E-state index in [2.05, 4.69) is 10.3 Å². The van der Waals surface area contributed by atoms with E-state index in [0.29, 0.717) is 10.7 Å². The monoisotopic (exact) mass is 306 g/mol. The van der Waals surface area contributed by atoms with Crippen molar-refractivity contribution in [3.63, 3.8) is 0 Å². The molecule has 0 aliphatic carbocycles. The number of anilines is 1. The molecule has 0 aliphatic heterocycles. The highest BCUT2D eigenvalue weighted by Crippen LogP contribution is 2.19. The summed E-state index contributed by atoms with van der Waals surface area (Å²) >= 11 is 5.99. The van der Waals surface area contributed by atoms with Crippen LogP contribution >= 0.6 is 11.6 Å². The summed E-state index contributed by atoms with van der Waals surface area (Å²) in [5, 5.41) is 3.23. The zero-order valence-electron chi connectivity index (χ0n) is 12.4. The molecule has 0 saturated carbocycles. The lowest BCUT2D eigenvalue weighted by Crippen LogP contribution is -2.14. The molecule has 0 atom stereocenters. The third kappa shape index (κ3) is 6.77. The molecule has 0 fully saturated rings. The van der Waals surface area contributed by atoms with Gasteiger partial charge in [-0.3, -0.25) is 10.3 Å². The van der Waals surface area contributed by atoms with Gasteiger partial charge in [-0.15, -0.1) is 0 Å². The van der Waals surface area contributed by atoms with Gasteiger partial charge in [-0.2, -0.15) is 0 Å². The molecular formula is C16H19ClN2O2. The van der Waals surface area contributed by atoms with Crippen molar-refractivity contribution in [1.29, 1.82) is 0 Å². The van der Waals surface area contributed by atoms with E-state index in [1.807, 2.05) is 32.9 Å². The van der Waals surface area contributed by atoms with Crippen molar-refractivity contribution in [2.24, 2.45) is 4.99 Å². The second kappa shape index (κ2) is 8.97. The standard InChI is InChI=1S/C16H19ClN2O2/c1-4-8-18-9-7-12(2)11-21-16(20)19-14-6-5-13(3)15(17)10-14/h4-10H,11H2,1-3H3,(H,19,20)/b8-4-,12-7+,18-9-. The minimum Gasteiger partial charge on any atom is -0.445 e. The molecule has 1 rings (SSSR count). The van der Waals surface area contributed by atoms with Crippen LogP contribution in [0.5, 0.6) is 0 Å². The van der Waals surface area contributed by atoms with Crippen molar-refractivity contribution < 1.29 is 9.53 Å². The second-order valence-electron chi connectivity index (χ2n) is 4.46. The summed E-state index contributed by atoms with van der Waals surface area (Å²) < 4.78 is 5.09. The third-order valence-electron chi connectivity index (χ3n) is 2.53. The number of hydrogen-bond donors (Lipinski definition) is 1. The third-order valence-corrected chi connectivity index (χ3v) is 2.94. The molecule has 5 heteroatoms. The maximum atomic E-state index is 11.6. The minimum absolute atomic E-state index is 0.202. The van der Waals surface area contributed by atoms with Crippen molar-refractivity contribution in [2.45, 2.75) is 20.8 Å². The van der Waals surface area contributed by atoms with E-state index in [1.54, 1.807) is 30.6 Å². The van der Waals surface area contributed by atoms with Gasteiger partial charge in [0.15, 0.2) is 0 Å². The number of hydrogen-bond acceptors (Lipinski definition) is 3. The quantitative estimate of drug-likeness (QED) is 0.798. The average molecular weight is 307 g/mol. The van der Waals surface area contributed by atoms with Gasteiger partial charge in [-0.25, -0.2) is 4.79 Å². The number of benzene rings is 1. The molecule has 1 amide bonds. The van der Waals surface area contributed by atoms with Crippen molar-refractivity contribution in [3.05, 3.63) is 52.7 Å². The van der Waals surface area contributed by atoms with Crippen LogP contribution in [0.25, 0.3) is 0 Å². The van der Waals surface area contributed by atoms with Crippen LogP contribution in [-0.4, -0.2) is 18.9 Å². The van der Waals surface area contributed by atoms with Crippen LogP contribution in [0.15, 0.2) is 47.1 Å². The van der Waals surface area contributed by atoms with Crippen molar-refractivity contribution in [3.8, 4) is 0 Å². The number of nitrogens with zero attached hydrogens (tertiary/aromatic N) is 1. The normalized spacial score (nSPS) is 12.1. The SMILES string of the molecule is C\C=C/N=C\C=C(/C)COC(=O)Nc1ccc(C)c(Cl)c1. The van der Waals surface area contributed by atoms with Gasteiger partial charge in [0, 0.05) is 23.1 Å². The van der Waals surface area contributed by atoms with Gasteiger partial charge in [0.1, 0.15) is 6.61 Å². The first-order valence-corrected chi connectivity index (χ1v) is 6.90. The predicted octanol–water partition coefficient (Wildman–Crippen LogP) is 4.75. The van der Waals surface area contributed by atoms with E-state index in [1.165, 1.54) is 0 Å². The number of nitrogens with one attached hydrogen (secondary N) is 1. The Kier molecular flexibility index (Phi) is 7.26. The van der Waals surface area contributed by atoms with E-state index >= 15 is 0 Å². The summed E-state index contributed by atoms with van der Waals surface area (Å²) in [6.45, 7) is 5.84. The molecule has 0 radical (unpaired) electrons. The minimum atomic E-state index is -0.520. The Hall–Kier alpha value is -2.07. The number of carbonyl (C=O) groups excluding carboxylic acids is 1. The first-order chi connectivity index (χ1) is 10.0. The van der Waals surface area contributed by atoms with Gasteiger partial charge in [0.2, 0.25) is 0 Å². The number of allylic oxidation sites excluding steroid dienone is 2. The van der Waals surface area contributed by atoms with Crippen LogP contribution in [0.1, 0.15) is 19.4 Å². The molecule has 0 aromatic heterocycles. The summed E-state index contributed by atoms with van der Waals surface area (Å²) in [6, 6.07) is 5.29. The highest BCUT2D eigenvalue weighted by molar-refractivity contribution is 6.31. The van der Waals surface area contributed by atoms with Gasteiger partial charge < -0.3 is 4.74 Å². The predicted molar refractivity (Wildman–Crippen MR) is 88.2 cm³/mol. The first kappa shape index (κ1) is 17.0. The molecule has 21 heavy (non-hydrogen) atoms. The number of amides is 1. The molecule has 0 heterocycles. The van der Waals surface area contributed by atoms with Crippen LogP contribution in [0, 0.1) is 6.92 Å². The fourth-order valence-corrected chi connectivity index (χ4v) is 1.54. The highest BCUT2D eigenvalue weighted by atomic mass is 35.5. The number of carbonyl (C=O) groups is 1. The zero-order valence-corrected chi connectivity index (χ0v) is 13.1. The summed E-state index contributed by atoms with van der Waals surface area (Å²) in [6.07, 6.45) is 6.43. The smallest absolute Gasteiger partial charge is 0.411 e. The molecule has 0 saturated heterocycles. The van der Waals surface area contributed by atoms with Crippen molar-refractivity contribution >= 4 is 29.6 Å². The topological polar surface area (TPSA) is 50.7 Å². The summed E-state index contributed by atoms with van der Waals surface area (Å²) in [5.74, 6) is 0. The fourth-order valence-electron chi connectivity index (χ4n) is 1.36. The number of aryl methyl sites for hydroxylation is 1. The van der Waals surface area contributed by atoms with Gasteiger partial charge in [-0.1, -0.05) is 23.7 Å². The molecule has 1 aromatic rings. The lowest BCUT2D eigenvalue weighted by Gasteiger charge is -2.08. The summed E-state index contributed by atoms with van der Waals surface area (Å²) in [4.78, 5) is 15.6. The lowest BCUT2D eigenvalue weighted by molar-refractivity contribution is 0.171. The molecule has 0 unspecified atom stereocenters. The van der Waals surface area contributed by atoms with Crippen molar-refractivity contribution in [1.82, 2.24) is 0 Å². The first-order valence-electron chi connectivity index (χ1n) is 6.53.